The van der Waals surface area contributed by atoms with Crippen LogP contribution in [-0.2, 0) is 17.8 Å². The summed E-state index contributed by atoms with van der Waals surface area (Å²) in [5.41, 5.74) is 3.08. The predicted molar refractivity (Wildman–Crippen MR) is 99.1 cm³/mol. The first-order valence-electron chi connectivity index (χ1n) is 8.37. The first kappa shape index (κ1) is 17.6. The highest BCUT2D eigenvalue weighted by Crippen LogP contribution is 2.19. The molecule has 0 saturated heterocycles. The number of benzene rings is 1. The third kappa shape index (κ3) is 4.66. The molecule has 0 aliphatic carbocycles. The van der Waals surface area contributed by atoms with Crippen LogP contribution < -0.4 is 5.32 Å². The number of pyridine rings is 1. The molecule has 25 heavy (non-hydrogen) atoms. The molecule has 3 rings (SSSR count). The maximum Gasteiger partial charge on any atom is 0.252 e. The van der Waals surface area contributed by atoms with E-state index in [4.69, 9.17) is 0 Å². The second kappa shape index (κ2) is 8.25. The van der Waals surface area contributed by atoms with Gasteiger partial charge in [0.2, 0.25) is 5.91 Å². The molecule has 1 aliphatic rings. The molecule has 1 aliphatic heterocycles. The molecule has 2 amide bonds. The number of fused-ring (bicyclic) bond motifs is 1. The smallest absolute Gasteiger partial charge is 0.252 e. The van der Waals surface area contributed by atoms with E-state index in [1.165, 1.54) is 17.3 Å². The zero-order chi connectivity index (χ0) is 17.6. The summed E-state index contributed by atoms with van der Waals surface area (Å²) in [7, 11) is 0. The average Bonchev–Trinajstić information content (AvgIpc) is 2.64. The van der Waals surface area contributed by atoms with Crippen molar-refractivity contribution in [1.82, 2.24) is 15.2 Å². The van der Waals surface area contributed by atoms with Crippen molar-refractivity contribution in [2.45, 2.75) is 25.8 Å². The van der Waals surface area contributed by atoms with E-state index >= 15 is 0 Å². The van der Waals surface area contributed by atoms with E-state index in [-0.39, 0.29) is 11.8 Å². The van der Waals surface area contributed by atoms with Gasteiger partial charge < -0.3 is 10.2 Å². The molecular formula is C19H20BrN3O2. The van der Waals surface area contributed by atoms with Gasteiger partial charge in [0, 0.05) is 42.9 Å². The average molecular weight is 402 g/mol. The zero-order valence-corrected chi connectivity index (χ0v) is 15.5. The molecule has 0 radical (unpaired) electrons. The Morgan fingerprint density at radius 1 is 1.20 bits per heavy atom. The highest BCUT2D eigenvalue weighted by atomic mass is 79.9. The minimum Gasteiger partial charge on any atom is -0.352 e. The molecule has 0 fully saturated rings. The van der Waals surface area contributed by atoms with Gasteiger partial charge in [0.05, 0.1) is 5.56 Å². The number of aromatic nitrogens is 1. The third-order valence-corrected chi connectivity index (χ3v) is 4.74. The van der Waals surface area contributed by atoms with E-state index in [1.807, 2.05) is 17.0 Å². The Labute approximate surface area is 155 Å². The van der Waals surface area contributed by atoms with E-state index in [0.29, 0.717) is 31.5 Å². The lowest BCUT2D eigenvalue weighted by molar-refractivity contribution is -0.132. The molecule has 1 N–H and O–H groups in total. The van der Waals surface area contributed by atoms with Crippen LogP contribution in [0.3, 0.4) is 0 Å². The van der Waals surface area contributed by atoms with Gasteiger partial charge >= 0.3 is 0 Å². The molecule has 2 aromatic rings. The lowest BCUT2D eigenvalue weighted by Gasteiger charge is -2.29. The molecule has 0 spiro atoms. The summed E-state index contributed by atoms with van der Waals surface area (Å²) in [5.74, 6) is -0.0268. The van der Waals surface area contributed by atoms with Gasteiger partial charge in [-0.1, -0.05) is 24.3 Å². The molecule has 2 heterocycles. The van der Waals surface area contributed by atoms with Gasteiger partial charge in [-0.25, -0.2) is 0 Å². The summed E-state index contributed by atoms with van der Waals surface area (Å²) in [6.07, 6.45) is 5.14. The summed E-state index contributed by atoms with van der Waals surface area (Å²) in [6.45, 7) is 1.93. The fourth-order valence-corrected chi connectivity index (χ4v) is 3.31. The minimum atomic E-state index is -0.173. The van der Waals surface area contributed by atoms with Crippen molar-refractivity contribution in [3.8, 4) is 0 Å². The Bertz CT molecular complexity index is 779. The Morgan fingerprint density at radius 3 is 2.80 bits per heavy atom. The summed E-state index contributed by atoms with van der Waals surface area (Å²) in [6, 6.07) is 9.99. The fraction of sp³-hybridized carbons (Fsp3) is 0.316. The standard InChI is InChI=1S/C19H20BrN3O2/c20-17-10-16(11-21-12-17)19(25)22-8-3-6-18(24)23-9-7-14-4-1-2-5-15(14)13-23/h1-2,4-5,10-12H,3,6-9,13H2,(H,22,25). The van der Waals surface area contributed by atoms with Crippen LogP contribution in [0.5, 0.6) is 0 Å². The predicted octanol–water partition coefficient (Wildman–Crippen LogP) is 2.94. The summed E-state index contributed by atoms with van der Waals surface area (Å²) >= 11 is 3.29. The van der Waals surface area contributed by atoms with Crippen LogP contribution in [0.2, 0.25) is 0 Å². The maximum absolute atomic E-state index is 12.4. The Balaban J connectivity index is 1.42. The molecule has 130 valence electrons. The van der Waals surface area contributed by atoms with E-state index in [1.54, 1.807) is 12.3 Å². The van der Waals surface area contributed by atoms with E-state index in [9.17, 15) is 9.59 Å². The zero-order valence-electron chi connectivity index (χ0n) is 13.9. The van der Waals surface area contributed by atoms with E-state index in [0.717, 1.165) is 17.4 Å². The molecule has 1 aromatic heterocycles. The fourth-order valence-electron chi connectivity index (χ4n) is 2.95. The summed E-state index contributed by atoms with van der Waals surface area (Å²) in [4.78, 5) is 30.3. The van der Waals surface area contributed by atoms with Gasteiger partial charge in [0.25, 0.3) is 5.91 Å². The molecule has 0 saturated carbocycles. The maximum atomic E-state index is 12.4. The lowest BCUT2D eigenvalue weighted by atomic mass is 9.99. The van der Waals surface area contributed by atoms with Gasteiger partial charge in [-0.2, -0.15) is 0 Å². The SMILES string of the molecule is O=C(NCCCC(=O)N1CCc2ccccc2C1)c1cncc(Br)c1. The van der Waals surface area contributed by atoms with Crippen LogP contribution in [-0.4, -0.2) is 34.8 Å². The topological polar surface area (TPSA) is 62.3 Å². The number of nitrogens with zero attached hydrogens (tertiary/aromatic N) is 2. The highest BCUT2D eigenvalue weighted by Gasteiger charge is 2.19. The number of nitrogens with one attached hydrogen (secondary N) is 1. The second-order valence-electron chi connectivity index (χ2n) is 6.09. The Kier molecular flexibility index (Phi) is 5.81. The highest BCUT2D eigenvalue weighted by molar-refractivity contribution is 9.10. The van der Waals surface area contributed by atoms with Crippen molar-refractivity contribution in [3.05, 3.63) is 63.9 Å². The lowest BCUT2D eigenvalue weighted by Crippen LogP contribution is -2.36. The Morgan fingerprint density at radius 2 is 2.00 bits per heavy atom. The monoisotopic (exact) mass is 401 g/mol. The molecule has 0 atom stereocenters. The van der Waals surface area contributed by atoms with Crippen molar-refractivity contribution < 1.29 is 9.59 Å². The number of amides is 2. The van der Waals surface area contributed by atoms with Gasteiger partial charge in [-0.3, -0.25) is 14.6 Å². The first-order chi connectivity index (χ1) is 12.1. The summed E-state index contributed by atoms with van der Waals surface area (Å²) < 4.78 is 0.765. The number of halogens is 1. The number of hydrogen-bond donors (Lipinski definition) is 1. The Hall–Kier alpha value is -2.21. The largest absolute Gasteiger partial charge is 0.352 e. The number of carbonyl (C=O) groups excluding carboxylic acids is 2. The van der Waals surface area contributed by atoms with Crippen LogP contribution in [0.25, 0.3) is 0 Å². The van der Waals surface area contributed by atoms with Crippen molar-refractivity contribution >= 4 is 27.7 Å². The normalized spacial score (nSPS) is 13.2. The van der Waals surface area contributed by atoms with Crippen LogP contribution >= 0.6 is 15.9 Å². The van der Waals surface area contributed by atoms with Crippen molar-refractivity contribution in [1.29, 1.82) is 0 Å². The number of carbonyl (C=O) groups is 2. The molecule has 0 bridgehead atoms. The number of rotatable bonds is 5. The van der Waals surface area contributed by atoms with Gasteiger partial charge in [0.1, 0.15) is 0 Å². The van der Waals surface area contributed by atoms with Crippen molar-refractivity contribution in [2.75, 3.05) is 13.1 Å². The van der Waals surface area contributed by atoms with Crippen LogP contribution in [0.1, 0.15) is 34.3 Å². The third-order valence-electron chi connectivity index (χ3n) is 4.30. The van der Waals surface area contributed by atoms with E-state index < -0.39 is 0 Å². The molecule has 5 nitrogen and oxygen atoms in total. The first-order valence-corrected chi connectivity index (χ1v) is 9.16. The summed E-state index contributed by atoms with van der Waals surface area (Å²) in [5, 5.41) is 2.83. The van der Waals surface area contributed by atoms with Crippen molar-refractivity contribution in [2.24, 2.45) is 0 Å². The van der Waals surface area contributed by atoms with Gasteiger partial charge in [0.15, 0.2) is 0 Å². The minimum absolute atomic E-state index is 0.146. The number of hydrogen-bond acceptors (Lipinski definition) is 3. The van der Waals surface area contributed by atoms with Gasteiger partial charge in [-0.15, -0.1) is 0 Å². The van der Waals surface area contributed by atoms with E-state index in [2.05, 4.69) is 38.4 Å². The molecular weight excluding hydrogens is 382 g/mol. The van der Waals surface area contributed by atoms with Crippen LogP contribution in [0, 0.1) is 0 Å². The molecule has 6 heteroatoms. The van der Waals surface area contributed by atoms with Gasteiger partial charge in [-0.05, 0) is 46.0 Å². The van der Waals surface area contributed by atoms with Crippen LogP contribution in [0.15, 0.2) is 47.2 Å². The van der Waals surface area contributed by atoms with Crippen molar-refractivity contribution in [3.63, 3.8) is 0 Å². The second-order valence-corrected chi connectivity index (χ2v) is 7.00. The quantitative estimate of drug-likeness (QED) is 0.783. The van der Waals surface area contributed by atoms with Crippen LogP contribution in [0.4, 0.5) is 0 Å². The molecule has 0 unspecified atom stereocenters. The molecule has 1 aromatic carbocycles.